The zero-order valence-electron chi connectivity index (χ0n) is 8.86. The average Bonchev–Trinajstić information content (AvgIpc) is 2.32. The fourth-order valence-electron chi connectivity index (χ4n) is 1.40. The molecule has 0 spiro atoms. The fraction of sp³-hybridized carbons (Fsp3) is 0.0769. The minimum atomic E-state index is -0.0735. The Labute approximate surface area is 118 Å². The second-order valence-electron chi connectivity index (χ2n) is 3.44. The molecule has 0 heterocycles. The lowest BCUT2D eigenvalue weighted by molar-refractivity contribution is 0.276. The van der Waals surface area contributed by atoms with Crippen LogP contribution in [0.15, 0.2) is 42.5 Å². The highest BCUT2D eigenvalue weighted by atomic mass is 127. The summed E-state index contributed by atoms with van der Waals surface area (Å²) in [5.41, 5.74) is 0.717. The fourth-order valence-corrected chi connectivity index (χ4v) is 2.06. The van der Waals surface area contributed by atoms with E-state index in [1.54, 1.807) is 18.2 Å². The molecular formula is C13H10ClIO2. The SMILES string of the molecule is OCc1ccc(Cl)cc1Oc1ccccc1I. The van der Waals surface area contributed by atoms with E-state index in [2.05, 4.69) is 22.6 Å². The molecule has 0 radical (unpaired) electrons. The predicted molar refractivity (Wildman–Crippen MR) is 76.6 cm³/mol. The number of ether oxygens (including phenoxy) is 1. The van der Waals surface area contributed by atoms with Gasteiger partial charge in [-0.3, -0.25) is 0 Å². The number of hydrogen-bond donors (Lipinski definition) is 1. The van der Waals surface area contributed by atoms with Crippen LogP contribution in [-0.4, -0.2) is 5.11 Å². The summed E-state index contributed by atoms with van der Waals surface area (Å²) >= 11 is 8.12. The van der Waals surface area contributed by atoms with E-state index in [4.69, 9.17) is 16.3 Å². The number of hydrogen-bond acceptors (Lipinski definition) is 2. The van der Waals surface area contributed by atoms with Crippen molar-refractivity contribution < 1.29 is 9.84 Å². The molecular weight excluding hydrogens is 350 g/mol. The summed E-state index contributed by atoms with van der Waals surface area (Å²) in [6, 6.07) is 12.9. The molecule has 0 aromatic heterocycles. The van der Waals surface area contributed by atoms with Gasteiger partial charge in [-0.1, -0.05) is 29.8 Å². The Morgan fingerprint density at radius 2 is 1.88 bits per heavy atom. The highest BCUT2D eigenvalue weighted by Crippen LogP contribution is 2.31. The average molecular weight is 361 g/mol. The van der Waals surface area contributed by atoms with Crippen LogP contribution < -0.4 is 4.74 Å². The van der Waals surface area contributed by atoms with Gasteiger partial charge in [-0.2, -0.15) is 0 Å². The number of aliphatic hydroxyl groups is 1. The van der Waals surface area contributed by atoms with Crippen molar-refractivity contribution >= 4 is 34.2 Å². The molecule has 88 valence electrons. The smallest absolute Gasteiger partial charge is 0.140 e. The van der Waals surface area contributed by atoms with Gasteiger partial charge >= 0.3 is 0 Å². The van der Waals surface area contributed by atoms with E-state index in [9.17, 15) is 5.11 Å². The molecule has 0 bridgehead atoms. The van der Waals surface area contributed by atoms with E-state index in [1.165, 1.54) is 0 Å². The van der Waals surface area contributed by atoms with Gasteiger partial charge in [-0.05, 0) is 46.9 Å². The van der Waals surface area contributed by atoms with Gasteiger partial charge in [0.2, 0.25) is 0 Å². The highest BCUT2D eigenvalue weighted by molar-refractivity contribution is 14.1. The molecule has 2 rings (SSSR count). The first-order valence-corrected chi connectivity index (χ1v) is 6.48. The second kappa shape index (κ2) is 5.71. The topological polar surface area (TPSA) is 29.5 Å². The number of para-hydroxylation sites is 1. The van der Waals surface area contributed by atoms with E-state index in [-0.39, 0.29) is 6.61 Å². The van der Waals surface area contributed by atoms with Crippen LogP contribution in [-0.2, 0) is 6.61 Å². The number of benzene rings is 2. The summed E-state index contributed by atoms with van der Waals surface area (Å²) < 4.78 is 6.77. The summed E-state index contributed by atoms with van der Waals surface area (Å²) in [6.45, 7) is -0.0735. The lowest BCUT2D eigenvalue weighted by Gasteiger charge is -2.11. The third kappa shape index (κ3) is 3.12. The van der Waals surface area contributed by atoms with Crippen molar-refractivity contribution in [2.24, 2.45) is 0 Å². The molecule has 0 aliphatic rings. The standard InChI is InChI=1S/C13H10ClIO2/c14-10-6-5-9(8-16)13(7-10)17-12-4-2-1-3-11(12)15/h1-7,16H,8H2. The Hall–Kier alpha value is -0.780. The van der Waals surface area contributed by atoms with Gasteiger partial charge in [0.1, 0.15) is 11.5 Å². The van der Waals surface area contributed by atoms with E-state index in [0.29, 0.717) is 16.3 Å². The van der Waals surface area contributed by atoms with E-state index < -0.39 is 0 Å². The van der Waals surface area contributed by atoms with Crippen LogP contribution in [0.5, 0.6) is 11.5 Å². The monoisotopic (exact) mass is 360 g/mol. The maximum Gasteiger partial charge on any atom is 0.140 e. The second-order valence-corrected chi connectivity index (χ2v) is 5.04. The summed E-state index contributed by atoms with van der Waals surface area (Å²) in [7, 11) is 0. The van der Waals surface area contributed by atoms with Gasteiger partial charge in [0.05, 0.1) is 10.2 Å². The first kappa shape index (κ1) is 12.7. The van der Waals surface area contributed by atoms with Crippen LogP contribution in [0.25, 0.3) is 0 Å². The molecule has 2 nitrogen and oxygen atoms in total. The van der Waals surface area contributed by atoms with Gasteiger partial charge in [0, 0.05) is 10.6 Å². The molecule has 0 fully saturated rings. The van der Waals surface area contributed by atoms with Crippen LogP contribution in [0.2, 0.25) is 5.02 Å². The molecule has 0 atom stereocenters. The predicted octanol–water partition coefficient (Wildman–Crippen LogP) is 4.23. The normalized spacial score (nSPS) is 10.3. The van der Waals surface area contributed by atoms with E-state index in [1.807, 2.05) is 24.3 Å². The Bertz CT molecular complexity index is 529. The quantitative estimate of drug-likeness (QED) is 0.830. The minimum absolute atomic E-state index is 0.0735. The first-order valence-electron chi connectivity index (χ1n) is 5.02. The van der Waals surface area contributed by atoms with Gasteiger partial charge < -0.3 is 9.84 Å². The number of rotatable bonds is 3. The summed E-state index contributed by atoms with van der Waals surface area (Å²) in [4.78, 5) is 0. The van der Waals surface area contributed by atoms with Crippen LogP contribution in [0.4, 0.5) is 0 Å². The molecule has 0 amide bonds. The van der Waals surface area contributed by atoms with Crippen LogP contribution in [0, 0.1) is 3.57 Å². The Balaban J connectivity index is 2.35. The van der Waals surface area contributed by atoms with Gasteiger partial charge in [-0.25, -0.2) is 0 Å². The van der Waals surface area contributed by atoms with Gasteiger partial charge in [0.25, 0.3) is 0 Å². The Kier molecular flexibility index (Phi) is 4.25. The maximum atomic E-state index is 9.23. The molecule has 4 heteroatoms. The molecule has 0 aliphatic carbocycles. The van der Waals surface area contributed by atoms with Crippen LogP contribution in [0.1, 0.15) is 5.56 Å². The van der Waals surface area contributed by atoms with Crippen molar-refractivity contribution in [1.29, 1.82) is 0 Å². The summed E-state index contributed by atoms with van der Waals surface area (Å²) in [6.07, 6.45) is 0. The van der Waals surface area contributed by atoms with Crippen LogP contribution in [0.3, 0.4) is 0 Å². The molecule has 0 aliphatic heterocycles. The molecule has 0 saturated heterocycles. The van der Waals surface area contributed by atoms with Gasteiger partial charge in [0.15, 0.2) is 0 Å². The van der Waals surface area contributed by atoms with Crippen molar-refractivity contribution in [3.63, 3.8) is 0 Å². The van der Waals surface area contributed by atoms with Crippen molar-refractivity contribution in [3.8, 4) is 11.5 Å². The van der Waals surface area contributed by atoms with E-state index >= 15 is 0 Å². The largest absolute Gasteiger partial charge is 0.456 e. The Morgan fingerprint density at radius 1 is 1.12 bits per heavy atom. The lowest BCUT2D eigenvalue weighted by atomic mass is 10.2. The molecule has 17 heavy (non-hydrogen) atoms. The third-order valence-electron chi connectivity index (χ3n) is 2.26. The highest BCUT2D eigenvalue weighted by Gasteiger charge is 2.07. The van der Waals surface area contributed by atoms with Crippen LogP contribution >= 0.6 is 34.2 Å². The first-order chi connectivity index (χ1) is 8.20. The maximum absolute atomic E-state index is 9.23. The summed E-state index contributed by atoms with van der Waals surface area (Å²) in [5.74, 6) is 1.34. The number of aliphatic hydroxyl groups excluding tert-OH is 1. The summed E-state index contributed by atoms with van der Waals surface area (Å²) in [5, 5.41) is 9.82. The van der Waals surface area contributed by atoms with Gasteiger partial charge in [-0.15, -0.1) is 0 Å². The molecule has 0 unspecified atom stereocenters. The molecule has 2 aromatic rings. The van der Waals surface area contributed by atoms with Crippen molar-refractivity contribution in [2.75, 3.05) is 0 Å². The third-order valence-corrected chi connectivity index (χ3v) is 3.38. The van der Waals surface area contributed by atoms with E-state index in [0.717, 1.165) is 9.32 Å². The van der Waals surface area contributed by atoms with Crippen molar-refractivity contribution in [2.45, 2.75) is 6.61 Å². The zero-order valence-corrected chi connectivity index (χ0v) is 11.8. The van der Waals surface area contributed by atoms with Crippen molar-refractivity contribution in [1.82, 2.24) is 0 Å². The zero-order chi connectivity index (χ0) is 12.3. The minimum Gasteiger partial charge on any atom is -0.456 e. The number of halogens is 2. The Morgan fingerprint density at radius 3 is 2.59 bits per heavy atom. The molecule has 2 aromatic carbocycles. The molecule has 1 N–H and O–H groups in total. The lowest BCUT2D eigenvalue weighted by Crippen LogP contribution is -1.93. The molecule has 0 saturated carbocycles. The van der Waals surface area contributed by atoms with Crippen molar-refractivity contribution in [3.05, 3.63) is 56.6 Å².